The molecule has 5 aliphatic rings. The van der Waals surface area contributed by atoms with Gasteiger partial charge in [0.15, 0.2) is 0 Å². The Kier molecular flexibility index (Phi) is 4.60. The fourth-order valence-electron chi connectivity index (χ4n) is 6.91. The van der Waals surface area contributed by atoms with E-state index in [1.165, 1.54) is 12.1 Å². The van der Waals surface area contributed by atoms with Crippen molar-refractivity contribution < 1.29 is 28.5 Å². The first-order valence-electron chi connectivity index (χ1n) is 11.5. The lowest BCUT2D eigenvalue weighted by Gasteiger charge is -2.58. The van der Waals surface area contributed by atoms with Crippen molar-refractivity contribution >= 4 is 5.97 Å². The number of fused-ring (bicyclic) bond motifs is 1. The maximum Gasteiger partial charge on any atom is 0.312 e. The predicted octanol–water partition coefficient (Wildman–Crippen LogP) is 4.81. The predicted molar refractivity (Wildman–Crippen MR) is 113 cm³/mol. The van der Waals surface area contributed by atoms with Gasteiger partial charge in [-0.1, -0.05) is 30.3 Å². The third kappa shape index (κ3) is 3.41. The molecule has 1 aliphatic heterocycles. The van der Waals surface area contributed by atoms with E-state index in [9.17, 15) is 14.3 Å². The van der Waals surface area contributed by atoms with Crippen LogP contribution in [0.4, 0.5) is 4.39 Å². The highest BCUT2D eigenvalue weighted by atomic mass is 19.1. The fraction of sp³-hybridized carbons (Fsp3) is 0.500. The summed E-state index contributed by atoms with van der Waals surface area (Å²) in [6.07, 6.45) is 4.14. The number of halogens is 1. The van der Waals surface area contributed by atoms with Crippen molar-refractivity contribution in [2.24, 2.45) is 17.3 Å². The first kappa shape index (κ1) is 20.2. The van der Waals surface area contributed by atoms with E-state index in [-0.39, 0.29) is 19.2 Å². The van der Waals surface area contributed by atoms with Crippen molar-refractivity contribution in [2.45, 2.75) is 63.6 Å². The lowest BCUT2D eigenvalue weighted by Crippen LogP contribution is -2.58. The van der Waals surface area contributed by atoms with Crippen LogP contribution in [-0.2, 0) is 27.5 Å². The van der Waals surface area contributed by atoms with Gasteiger partial charge in [-0.05, 0) is 62.5 Å². The Morgan fingerprint density at radius 3 is 2.59 bits per heavy atom. The van der Waals surface area contributed by atoms with Crippen LogP contribution >= 0.6 is 0 Å². The number of carbonyl (C=O) groups excluding carboxylic acids is 1. The highest BCUT2D eigenvalue weighted by Gasteiger charge is 2.60. The van der Waals surface area contributed by atoms with Crippen molar-refractivity contribution in [3.05, 3.63) is 65.0 Å². The van der Waals surface area contributed by atoms with Gasteiger partial charge in [0.2, 0.25) is 6.29 Å². The van der Waals surface area contributed by atoms with Crippen LogP contribution in [0.1, 0.15) is 61.5 Å². The Morgan fingerprint density at radius 1 is 1.12 bits per heavy atom. The van der Waals surface area contributed by atoms with Gasteiger partial charge >= 0.3 is 5.97 Å². The molecule has 7 rings (SSSR count). The topological polar surface area (TPSA) is 65.0 Å². The summed E-state index contributed by atoms with van der Waals surface area (Å²) in [6, 6.07) is 12.3. The highest BCUT2D eigenvalue weighted by molar-refractivity contribution is 5.78. The van der Waals surface area contributed by atoms with Crippen LogP contribution in [0, 0.1) is 23.1 Å². The molecular formula is C26H27FO5. The van der Waals surface area contributed by atoms with Crippen molar-refractivity contribution in [2.75, 3.05) is 0 Å². The van der Waals surface area contributed by atoms with Crippen molar-refractivity contribution in [3.8, 4) is 5.75 Å². The second-order valence-corrected chi connectivity index (χ2v) is 10.3. The second kappa shape index (κ2) is 7.29. The SMILES string of the molecule is O=C(OCc1cc(F)cc2c1OC(c1ccccc1)OC2)C12CC3CC(CC(O)(C3)C1)C2. The van der Waals surface area contributed by atoms with E-state index in [2.05, 4.69) is 0 Å². The molecule has 4 saturated carbocycles. The summed E-state index contributed by atoms with van der Waals surface area (Å²) in [5, 5.41) is 10.9. The molecule has 5 nitrogen and oxygen atoms in total. The van der Waals surface area contributed by atoms with E-state index >= 15 is 0 Å². The standard InChI is InChI=1S/C26H27FO5/c27-21-7-19-13-30-23(18-4-2-1-3-5-18)32-22(19)20(8-21)14-31-24(28)25-9-16-6-17(10-25)12-26(29,11-16)15-25/h1-5,7-8,16-17,23,29H,6,9-15H2. The molecule has 1 N–H and O–H groups in total. The summed E-state index contributed by atoms with van der Waals surface area (Å²) in [4.78, 5) is 13.3. The number of rotatable bonds is 4. The van der Waals surface area contributed by atoms with E-state index in [4.69, 9.17) is 14.2 Å². The van der Waals surface area contributed by atoms with Crippen LogP contribution in [0.25, 0.3) is 0 Å². The average Bonchev–Trinajstić information content (AvgIpc) is 2.76. The van der Waals surface area contributed by atoms with Gasteiger partial charge in [-0.25, -0.2) is 4.39 Å². The summed E-state index contributed by atoms with van der Waals surface area (Å²) >= 11 is 0. The van der Waals surface area contributed by atoms with Crippen LogP contribution in [0.15, 0.2) is 42.5 Å². The van der Waals surface area contributed by atoms with Gasteiger partial charge in [0.25, 0.3) is 0 Å². The Balaban J connectivity index is 1.22. The molecule has 4 bridgehead atoms. The molecule has 4 fully saturated rings. The van der Waals surface area contributed by atoms with E-state index in [0.717, 1.165) is 37.7 Å². The molecular weight excluding hydrogens is 411 g/mol. The van der Waals surface area contributed by atoms with Crippen LogP contribution in [0.2, 0.25) is 0 Å². The number of aliphatic hydroxyl groups is 1. The molecule has 0 radical (unpaired) electrons. The molecule has 4 aliphatic carbocycles. The Bertz CT molecular complexity index is 1040. The van der Waals surface area contributed by atoms with Crippen LogP contribution in [0.5, 0.6) is 5.75 Å². The summed E-state index contributed by atoms with van der Waals surface area (Å²) in [6.45, 7) is 0.157. The van der Waals surface area contributed by atoms with Gasteiger partial charge in [0.05, 0.1) is 17.6 Å². The quantitative estimate of drug-likeness (QED) is 0.694. The maximum atomic E-state index is 14.3. The number of ether oxygens (including phenoxy) is 3. The third-order valence-electron chi connectivity index (χ3n) is 7.72. The zero-order valence-corrected chi connectivity index (χ0v) is 17.9. The van der Waals surface area contributed by atoms with Crippen LogP contribution in [-0.4, -0.2) is 16.7 Å². The minimum Gasteiger partial charge on any atom is -0.460 e. The number of benzene rings is 2. The second-order valence-electron chi connectivity index (χ2n) is 10.3. The molecule has 0 amide bonds. The molecule has 3 atom stereocenters. The molecule has 0 saturated heterocycles. The highest BCUT2D eigenvalue weighted by Crippen LogP contribution is 2.62. The van der Waals surface area contributed by atoms with E-state index in [1.807, 2.05) is 30.3 Å². The van der Waals surface area contributed by atoms with Gasteiger partial charge in [-0.3, -0.25) is 4.79 Å². The normalized spacial score (nSPS) is 34.6. The zero-order valence-electron chi connectivity index (χ0n) is 17.9. The monoisotopic (exact) mass is 438 g/mol. The number of esters is 1. The number of carbonyl (C=O) groups is 1. The first-order valence-corrected chi connectivity index (χ1v) is 11.5. The minimum atomic E-state index is -0.732. The van der Waals surface area contributed by atoms with Gasteiger partial charge in [0.1, 0.15) is 18.2 Å². The smallest absolute Gasteiger partial charge is 0.312 e. The minimum absolute atomic E-state index is 0.0596. The summed E-state index contributed by atoms with van der Waals surface area (Å²) in [5.41, 5.74) is 0.633. The summed E-state index contributed by atoms with van der Waals surface area (Å²) < 4.78 is 31.9. The first-order chi connectivity index (χ1) is 15.4. The van der Waals surface area contributed by atoms with Gasteiger partial charge in [-0.2, -0.15) is 0 Å². The molecule has 0 spiro atoms. The Hall–Kier alpha value is -2.44. The van der Waals surface area contributed by atoms with Crippen molar-refractivity contribution in [1.82, 2.24) is 0 Å². The largest absolute Gasteiger partial charge is 0.460 e. The van der Waals surface area contributed by atoms with Gasteiger partial charge in [-0.15, -0.1) is 0 Å². The Morgan fingerprint density at radius 2 is 1.88 bits per heavy atom. The lowest BCUT2D eigenvalue weighted by molar-refractivity contribution is -0.197. The van der Waals surface area contributed by atoms with Gasteiger partial charge in [0, 0.05) is 16.7 Å². The molecule has 1 heterocycles. The lowest BCUT2D eigenvalue weighted by atomic mass is 9.48. The molecule has 168 valence electrons. The average molecular weight is 438 g/mol. The van der Waals surface area contributed by atoms with Gasteiger partial charge < -0.3 is 19.3 Å². The van der Waals surface area contributed by atoms with Crippen LogP contribution in [0.3, 0.4) is 0 Å². The van der Waals surface area contributed by atoms with E-state index in [1.54, 1.807) is 0 Å². The van der Waals surface area contributed by atoms with Crippen molar-refractivity contribution in [3.63, 3.8) is 0 Å². The number of hydrogen-bond acceptors (Lipinski definition) is 5. The van der Waals surface area contributed by atoms with E-state index in [0.29, 0.717) is 35.1 Å². The summed E-state index contributed by atoms with van der Waals surface area (Å²) in [7, 11) is 0. The molecule has 6 heteroatoms. The van der Waals surface area contributed by atoms with Crippen LogP contribution < -0.4 is 4.74 Å². The fourth-order valence-corrected chi connectivity index (χ4v) is 6.91. The molecule has 2 aromatic carbocycles. The Labute approximate surface area is 186 Å². The third-order valence-corrected chi connectivity index (χ3v) is 7.72. The maximum absolute atomic E-state index is 14.3. The number of hydrogen-bond donors (Lipinski definition) is 1. The summed E-state index contributed by atoms with van der Waals surface area (Å²) in [5.74, 6) is 0.619. The molecule has 32 heavy (non-hydrogen) atoms. The molecule has 2 aromatic rings. The van der Waals surface area contributed by atoms with E-state index < -0.39 is 23.1 Å². The van der Waals surface area contributed by atoms with Crippen molar-refractivity contribution in [1.29, 1.82) is 0 Å². The molecule has 0 aromatic heterocycles. The zero-order chi connectivity index (χ0) is 21.9. The molecule has 3 unspecified atom stereocenters.